The van der Waals surface area contributed by atoms with Crippen LogP contribution >= 0.6 is 0 Å². The molecule has 1 rings (SSSR count). The van der Waals surface area contributed by atoms with Gasteiger partial charge in [0.05, 0.1) is 0 Å². The molecule has 1 heterocycles. The summed E-state index contributed by atoms with van der Waals surface area (Å²) in [5.41, 5.74) is 0.136. The second-order valence-electron chi connectivity index (χ2n) is 1.14. The van der Waals surface area contributed by atoms with Gasteiger partial charge < -0.3 is 0 Å². The minimum atomic E-state index is -0.0404. The molecule has 7 heavy (non-hydrogen) atoms. The van der Waals surface area contributed by atoms with Crippen molar-refractivity contribution in [2.75, 3.05) is 0 Å². The van der Waals surface area contributed by atoms with Crippen LogP contribution in [0.5, 0.6) is 0 Å². The van der Waals surface area contributed by atoms with Gasteiger partial charge in [-0.15, -0.1) is 0 Å². The minimum absolute atomic E-state index is 0.0404. The second kappa shape index (κ2) is 2.30. The van der Waals surface area contributed by atoms with Crippen LogP contribution in [-0.2, 0) is 0 Å². The fourth-order valence-corrected chi connectivity index (χ4v) is 1.79. The van der Waals surface area contributed by atoms with Crippen molar-refractivity contribution in [1.29, 1.82) is 0 Å². The predicted molar refractivity (Wildman–Crippen MR) is 29.7 cm³/mol. The van der Waals surface area contributed by atoms with Crippen molar-refractivity contribution in [3.8, 4) is 0 Å². The van der Waals surface area contributed by atoms with E-state index in [9.17, 15) is 4.79 Å². The molecule has 0 amide bonds. The molecule has 1 aromatic rings. The Bertz CT molecular complexity index is 174. The van der Waals surface area contributed by atoms with Crippen molar-refractivity contribution in [3.05, 3.63) is 30.5 Å². The third-order valence-corrected chi connectivity index (χ3v) is 2.30. The summed E-state index contributed by atoms with van der Waals surface area (Å²) in [5.74, 6) is 0. The van der Waals surface area contributed by atoms with Gasteiger partial charge in [-0.05, 0) is 0 Å². The summed E-state index contributed by atoms with van der Waals surface area (Å²) in [4.78, 5) is 10.3. The van der Waals surface area contributed by atoms with Crippen LogP contribution in [0.1, 0.15) is 0 Å². The average Bonchev–Trinajstić information content (AvgIpc) is 1.69. The molecule has 0 saturated carbocycles. The Morgan fingerprint density at radius 1 is 1.29 bits per heavy atom. The van der Waals surface area contributed by atoms with Crippen molar-refractivity contribution in [3.63, 3.8) is 0 Å². The molecule has 0 radical (unpaired) electrons. The molecule has 0 aliphatic heterocycles. The molecule has 1 nitrogen and oxygen atoms in total. The molecule has 0 aromatic carbocycles. The molecular weight excluding hydrogens is 204 g/mol. The Morgan fingerprint density at radius 3 is 2.14 bits per heavy atom. The van der Waals surface area contributed by atoms with Crippen LogP contribution in [0.3, 0.4) is 0 Å². The van der Waals surface area contributed by atoms with Gasteiger partial charge in [0, 0.05) is 0 Å². The Labute approximate surface area is 51.2 Å². The van der Waals surface area contributed by atoms with Gasteiger partial charge in [0.2, 0.25) is 0 Å². The van der Waals surface area contributed by atoms with Gasteiger partial charge in [-0.25, -0.2) is 0 Å². The van der Waals surface area contributed by atoms with Gasteiger partial charge in [0.15, 0.2) is 0 Å². The zero-order valence-electron chi connectivity index (χ0n) is 3.63. The summed E-state index contributed by atoms with van der Waals surface area (Å²) < 4.78 is 3.96. The molecule has 0 aliphatic rings. The van der Waals surface area contributed by atoms with Gasteiger partial charge in [-0.1, -0.05) is 0 Å². The molecule has 0 atom stereocenters. The Morgan fingerprint density at radius 2 is 1.86 bits per heavy atom. The van der Waals surface area contributed by atoms with E-state index in [1.807, 2.05) is 8.16 Å². The van der Waals surface area contributed by atoms with Crippen molar-refractivity contribution in [1.82, 2.24) is 0 Å². The summed E-state index contributed by atoms with van der Waals surface area (Å²) >= 11 is -0.0404. The third kappa shape index (κ3) is 1.46. The first-order valence-electron chi connectivity index (χ1n) is 1.92. The fourth-order valence-electron chi connectivity index (χ4n) is 0.314. The molecule has 0 unspecified atom stereocenters. The Kier molecular flexibility index (Phi) is 1.67. The first-order valence-corrected chi connectivity index (χ1v) is 4.61. The van der Waals surface area contributed by atoms with Gasteiger partial charge in [0.1, 0.15) is 0 Å². The zero-order chi connectivity index (χ0) is 5.11. The summed E-state index contributed by atoms with van der Waals surface area (Å²) in [7, 11) is 0. The molecule has 0 N–H and O–H groups in total. The monoisotopic (exact) mass is 210 g/mol. The van der Waals surface area contributed by atoms with E-state index in [-0.39, 0.29) is 25.9 Å². The fraction of sp³-hybridized carbons (Fsp3) is 0. The van der Waals surface area contributed by atoms with E-state index in [0.717, 1.165) is 0 Å². The normalized spacial score (nSPS) is 8.57. The maximum absolute atomic E-state index is 10.3. The number of hydrogen-bond donors (Lipinski definition) is 0. The quantitative estimate of drug-likeness (QED) is 0.552. The van der Waals surface area contributed by atoms with Gasteiger partial charge in [-0.2, -0.15) is 0 Å². The second-order valence-corrected chi connectivity index (χ2v) is 3.47. The van der Waals surface area contributed by atoms with Crippen LogP contribution in [-0.4, -0.2) is 20.4 Å². The molecule has 0 spiro atoms. The van der Waals surface area contributed by atoms with Gasteiger partial charge in [0.25, 0.3) is 0 Å². The Balaban J connectivity index is 3.28. The van der Waals surface area contributed by atoms with Crippen molar-refractivity contribution < 1.29 is 0 Å². The predicted octanol–water partition coefficient (Wildman–Crippen LogP) is 0.104. The molecule has 0 aliphatic carbocycles. The number of hydrogen-bond acceptors (Lipinski definition) is 1. The van der Waals surface area contributed by atoms with Crippen molar-refractivity contribution in [2.24, 2.45) is 0 Å². The van der Waals surface area contributed by atoms with E-state index in [0.29, 0.717) is 0 Å². The average molecular weight is 208 g/mol. The SMILES string of the molecule is O=c1cc[te]cc1. The van der Waals surface area contributed by atoms with Crippen LogP contribution in [0.15, 0.2) is 25.1 Å². The molecular formula is C5H4OTe. The third-order valence-electron chi connectivity index (χ3n) is 0.622. The van der Waals surface area contributed by atoms with E-state index in [1.165, 1.54) is 0 Å². The van der Waals surface area contributed by atoms with E-state index in [4.69, 9.17) is 0 Å². The van der Waals surface area contributed by atoms with Crippen LogP contribution in [0.4, 0.5) is 0 Å². The molecule has 0 fully saturated rings. The van der Waals surface area contributed by atoms with Crippen LogP contribution in [0, 0.1) is 0 Å². The summed E-state index contributed by atoms with van der Waals surface area (Å²) in [6.07, 6.45) is 0. The van der Waals surface area contributed by atoms with Crippen LogP contribution in [0.25, 0.3) is 0 Å². The molecule has 1 aromatic heterocycles. The van der Waals surface area contributed by atoms with Crippen LogP contribution in [0.2, 0.25) is 0 Å². The first-order chi connectivity index (χ1) is 3.39. The van der Waals surface area contributed by atoms with Crippen molar-refractivity contribution >= 4 is 20.4 Å². The molecule has 0 bridgehead atoms. The van der Waals surface area contributed by atoms with E-state index < -0.39 is 0 Å². The van der Waals surface area contributed by atoms with Gasteiger partial charge in [-0.3, -0.25) is 0 Å². The van der Waals surface area contributed by atoms with Gasteiger partial charge >= 0.3 is 51.0 Å². The zero-order valence-corrected chi connectivity index (χ0v) is 5.96. The first kappa shape index (κ1) is 5.08. The van der Waals surface area contributed by atoms with Crippen molar-refractivity contribution in [2.45, 2.75) is 0 Å². The summed E-state index contributed by atoms with van der Waals surface area (Å²) in [5, 5.41) is 0. The standard InChI is InChI=1S/C5H4OTe/c6-5-1-3-7-4-2-5/h1-4H. The maximum atomic E-state index is 10.3. The molecule has 36 valence electrons. The number of rotatable bonds is 0. The summed E-state index contributed by atoms with van der Waals surface area (Å²) in [6.45, 7) is 0. The van der Waals surface area contributed by atoms with E-state index >= 15 is 0 Å². The molecule has 0 saturated heterocycles. The van der Waals surface area contributed by atoms with E-state index in [2.05, 4.69) is 0 Å². The van der Waals surface area contributed by atoms with E-state index in [1.54, 1.807) is 12.1 Å². The van der Waals surface area contributed by atoms with Crippen LogP contribution < -0.4 is 5.43 Å². The topological polar surface area (TPSA) is 17.1 Å². The summed E-state index contributed by atoms with van der Waals surface area (Å²) in [6, 6.07) is 3.28. The Hall–Kier alpha value is -0.0604. The molecule has 2 heteroatoms.